The van der Waals surface area contributed by atoms with Crippen LogP contribution < -0.4 is 5.14 Å². The van der Waals surface area contributed by atoms with Gasteiger partial charge in [0.2, 0.25) is 10.0 Å². The Balaban J connectivity index is 2.04. The first-order valence-corrected chi connectivity index (χ1v) is 9.95. The lowest BCUT2D eigenvalue weighted by Crippen LogP contribution is -2.45. The zero-order valence-electron chi connectivity index (χ0n) is 13.9. The molecule has 7 nitrogen and oxygen atoms in total. The van der Waals surface area contributed by atoms with Crippen LogP contribution in [0.4, 0.5) is 0 Å². The number of rotatable bonds is 5. The molecule has 25 heavy (non-hydrogen) atoms. The maximum Gasteiger partial charge on any atom is 0.338 e. The zero-order valence-corrected chi connectivity index (χ0v) is 15.5. The van der Waals surface area contributed by atoms with Crippen molar-refractivity contribution in [2.45, 2.75) is 43.5 Å². The molecular weight excluding hydrogens is 368 g/mol. The number of amides is 1. The molecule has 0 aliphatic carbocycles. The summed E-state index contributed by atoms with van der Waals surface area (Å²) in [6.07, 6.45) is 3.83. The third kappa shape index (κ3) is 4.93. The van der Waals surface area contributed by atoms with E-state index in [1.165, 1.54) is 12.1 Å². The third-order valence-electron chi connectivity index (χ3n) is 4.22. The minimum atomic E-state index is -4.06. The Morgan fingerprint density at radius 2 is 2.08 bits per heavy atom. The van der Waals surface area contributed by atoms with E-state index in [0.717, 1.165) is 31.7 Å². The van der Waals surface area contributed by atoms with Gasteiger partial charge in [0.1, 0.15) is 4.90 Å². The number of halogens is 1. The second-order valence-corrected chi connectivity index (χ2v) is 7.85. The zero-order chi connectivity index (χ0) is 18.6. The molecule has 1 aromatic carbocycles. The number of ether oxygens (including phenoxy) is 1. The largest absolute Gasteiger partial charge is 0.452 e. The maximum absolute atomic E-state index is 12.3. The lowest BCUT2D eigenvalue weighted by Gasteiger charge is -2.35. The number of nitrogens with two attached hydrogens (primary N) is 1. The van der Waals surface area contributed by atoms with Crippen molar-refractivity contribution >= 4 is 33.5 Å². The monoisotopic (exact) mass is 388 g/mol. The van der Waals surface area contributed by atoms with Crippen molar-refractivity contribution in [3.8, 4) is 0 Å². The second kappa shape index (κ2) is 8.16. The second-order valence-electron chi connectivity index (χ2n) is 5.91. The molecule has 0 spiro atoms. The van der Waals surface area contributed by atoms with Crippen LogP contribution in [0.2, 0.25) is 5.02 Å². The van der Waals surface area contributed by atoms with Crippen LogP contribution >= 0.6 is 11.6 Å². The van der Waals surface area contributed by atoms with Crippen LogP contribution in [0.1, 0.15) is 43.0 Å². The van der Waals surface area contributed by atoms with Gasteiger partial charge in [-0.05, 0) is 43.9 Å². The van der Waals surface area contributed by atoms with Gasteiger partial charge in [0.05, 0.1) is 10.6 Å². The fourth-order valence-electron chi connectivity index (χ4n) is 2.90. The molecule has 138 valence electrons. The van der Waals surface area contributed by atoms with Crippen LogP contribution in [0, 0.1) is 0 Å². The van der Waals surface area contributed by atoms with Gasteiger partial charge in [0.15, 0.2) is 6.61 Å². The standard InChI is InChI=1S/C16H21ClN2O5S/c1-2-12-5-3-4-8-19(12)15(20)10-24-16(21)11-6-7-13(17)14(9-11)25(18,22)23/h6-7,9,12H,2-5,8,10H2,1H3,(H2,18,22,23)/t12-/m0/s1. The average molecular weight is 389 g/mol. The molecule has 0 bridgehead atoms. The van der Waals surface area contributed by atoms with Crippen molar-refractivity contribution in [3.63, 3.8) is 0 Å². The number of sulfonamides is 1. The average Bonchev–Trinajstić information content (AvgIpc) is 2.58. The molecule has 1 saturated heterocycles. The molecule has 1 fully saturated rings. The number of primary sulfonamides is 1. The molecule has 1 atom stereocenters. The lowest BCUT2D eigenvalue weighted by molar-refractivity contribution is -0.138. The van der Waals surface area contributed by atoms with Gasteiger partial charge in [-0.2, -0.15) is 0 Å². The number of hydrogen-bond donors (Lipinski definition) is 1. The van der Waals surface area contributed by atoms with Crippen LogP contribution in [-0.2, 0) is 19.6 Å². The van der Waals surface area contributed by atoms with Gasteiger partial charge in [-0.1, -0.05) is 18.5 Å². The highest BCUT2D eigenvalue weighted by molar-refractivity contribution is 7.89. The molecule has 1 aliphatic heterocycles. The van der Waals surface area contributed by atoms with E-state index in [2.05, 4.69) is 0 Å². The summed E-state index contributed by atoms with van der Waals surface area (Å²) in [5.41, 5.74) is -0.0353. The minimum Gasteiger partial charge on any atom is -0.452 e. The molecule has 0 radical (unpaired) electrons. The van der Waals surface area contributed by atoms with Crippen molar-refractivity contribution in [2.75, 3.05) is 13.2 Å². The van der Waals surface area contributed by atoms with Gasteiger partial charge in [-0.3, -0.25) is 4.79 Å². The van der Waals surface area contributed by atoms with Crippen molar-refractivity contribution < 1.29 is 22.7 Å². The van der Waals surface area contributed by atoms with Gasteiger partial charge in [0, 0.05) is 12.6 Å². The predicted octanol–water partition coefficient (Wildman–Crippen LogP) is 1.94. The molecule has 2 rings (SSSR count). The number of piperidine rings is 1. The molecule has 1 aliphatic rings. The van der Waals surface area contributed by atoms with E-state index in [-0.39, 0.29) is 34.0 Å². The highest BCUT2D eigenvalue weighted by atomic mass is 35.5. The number of nitrogens with zero attached hydrogens (tertiary/aromatic N) is 1. The summed E-state index contributed by atoms with van der Waals surface area (Å²) in [5, 5.41) is 4.96. The van der Waals surface area contributed by atoms with E-state index >= 15 is 0 Å². The summed E-state index contributed by atoms with van der Waals surface area (Å²) in [6, 6.07) is 3.78. The fourth-order valence-corrected chi connectivity index (χ4v) is 3.97. The number of esters is 1. The van der Waals surface area contributed by atoms with Crippen LogP contribution in [0.15, 0.2) is 23.1 Å². The van der Waals surface area contributed by atoms with Gasteiger partial charge in [-0.15, -0.1) is 0 Å². The third-order valence-corrected chi connectivity index (χ3v) is 5.61. The first kappa shape index (κ1) is 19.7. The van der Waals surface area contributed by atoms with E-state index in [9.17, 15) is 18.0 Å². The molecule has 1 heterocycles. The summed E-state index contributed by atoms with van der Waals surface area (Å²) < 4.78 is 27.9. The van der Waals surface area contributed by atoms with E-state index in [0.29, 0.717) is 6.54 Å². The van der Waals surface area contributed by atoms with Crippen molar-refractivity contribution in [2.24, 2.45) is 5.14 Å². The first-order valence-electron chi connectivity index (χ1n) is 8.03. The van der Waals surface area contributed by atoms with E-state index in [4.69, 9.17) is 21.5 Å². The number of likely N-dealkylation sites (tertiary alicyclic amines) is 1. The van der Waals surface area contributed by atoms with Gasteiger partial charge < -0.3 is 9.64 Å². The van der Waals surface area contributed by atoms with Crippen molar-refractivity contribution in [1.29, 1.82) is 0 Å². The molecule has 1 amide bonds. The number of benzene rings is 1. The molecule has 0 aromatic heterocycles. The fraction of sp³-hybridized carbons (Fsp3) is 0.500. The van der Waals surface area contributed by atoms with Crippen molar-refractivity contribution in [1.82, 2.24) is 4.90 Å². The minimum absolute atomic E-state index is 0.0353. The predicted molar refractivity (Wildman–Crippen MR) is 92.8 cm³/mol. The van der Waals surface area contributed by atoms with E-state index in [1.807, 2.05) is 6.92 Å². The van der Waals surface area contributed by atoms with E-state index in [1.54, 1.807) is 4.90 Å². The number of carbonyl (C=O) groups excluding carboxylic acids is 2. The summed E-state index contributed by atoms with van der Waals surface area (Å²) in [5.74, 6) is -1.06. The summed E-state index contributed by atoms with van der Waals surface area (Å²) in [6.45, 7) is 2.29. The Bertz CT molecular complexity index is 766. The Morgan fingerprint density at radius 3 is 2.72 bits per heavy atom. The SMILES string of the molecule is CC[C@H]1CCCCN1C(=O)COC(=O)c1ccc(Cl)c(S(N)(=O)=O)c1. The van der Waals surface area contributed by atoms with Crippen LogP contribution in [0.5, 0.6) is 0 Å². The molecular formula is C16H21ClN2O5S. The van der Waals surface area contributed by atoms with Gasteiger partial charge in [0.25, 0.3) is 5.91 Å². The number of carbonyl (C=O) groups is 2. The van der Waals surface area contributed by atoms with Gasteiger partial charge in [-0.25, -0.2) is 18.4 Å². The molecule has 0 unspecified atom stereocenters. The Labute approximate surface area is 152 Å². The van der Waals surface area contributed by atoms with Crippen molar-refractivity contribution in [3.05, 3.63) is 28.8 Å². The smallest absolute Gasteiger partial charge is 0.338 e. The maximum atomic E-state index is 12.3. The Kier molecular flexibility index (Phi) is 6.42. The molecule has 9 heteroatoms. The summed E-state index contributed by atoms with van der Waals surface area (Å²) in [7, 11) is -4.06. The quantitative estimate of drug-likeness (QED) is 0.775. The van der Waals surface area contributed by atoms with Crippen LogP contribution in [0.3, 0.4) is 0 Å². The molecule has 1 aromatic rings. The summed E-state index contributed by atoms with van der Waals surface area (Å²) >= 11 is 5.77. The highest BCUT2D eigenvalue weighted by Gasteiger charge is 2.26. The molecule has 0 saturated carbocycles. The number of hydrogen-bond acceptors (Lipinski definition) is 5. The molecule has 2 N–H and O–H groups in total. The van der Waals surface area contributed by atoms with Gasteiger partial charge >= 0.3 is 5.97 Å². The normalized spacial score (nSPS) is 18.0. The Morgan fingerprint density at radius 1 is 1.36 bits per heavy atom. The van der Waals surface area contributed by atoms with E-state index < -0.39 is 16.0 Å². The lowest BCUT2D eigenvalue weighted by atomic mass is 10.00. The topological polar surface area (TPSA) is 107 Å². The first-order chi connectivity index (χ1) is 11.7. The highest BCUT2D eigenvalue weighted by Crippen LogP contribution is 2.22. The van der Waals surface area contributed by atoms with Crippen LogP contribution in [0.25, 0.3) is 0 Å². The van der Waals surface area contributed by atoms with Crippen LogP contribution in [-0.4, -0.2) is 44.4 Å². The summed E-state index contributed by atoms with van der Waals surface area (Å²) in [4.78, 5) is 25.8. The Hall–Kier alpha value is -1.64.